The molecule has 0 fully saturated rings. The SMILES string of the molecule is C=CC1=C(C)[C@@H](Cc2[nH]c(/C=c3\[nH]/c(=C\C4=NC(=O)[C@H](C)/C4=C/C)c(C)c3CCC(=O)[O-])c(CCC(=O)[O-])c2C)NC1=O. The molecule has 2 atom stereocenters. The highest BCUT2D eigenvalue weighted by Crippen LogP contribution is 2.26. The van der Waals surface area contributed by atoms with Crippen LogP contribution < -0.4 is 26.2 Å². The average molecular weight is 585 g/mol. The molecule has 2 amide bonds. The fraction of sp³-hybridized carbons (Fsp3) is 0.364. The first-order chi connectivity index (χ1) is 20.4. The molecular weight excluding hydrogens is 548 g/mol. The van der Waals surface area contributed by atoms with Gasteiger partial charge in [0.15, 0.2) is 0 Å². The molecule has 2 aliphatic heterocycles. The number of nitrogens with one attached hydrogen (secondary N) is 3. The van der Waals surface area contributed by atoms with Crippen LogP contribution in [-0.2, 0) is 38.4 Å². The first-order valence-electron chi connectivity index (χ1n) is 14.3. The van der Waals surface area contributed by atoms with Gasteiger partial charge in [-0.15, -0.1) is 0 Å². The fourth-order valence-corrected chi connectivity index (χ4v) is 5.89. The molecule has 2 aromatic heterocycles. The monoisotopic (exact) mass is 584 g/mol. The van der Waals surface area contributed by atoms with Crippen LogP contribution in [0.15, 0.2) is 40.4 Å². The highest BCUT2D eigenvalue weighted by Gasteiger charge is 2.29. The summed E-state index contributed by atoms with van der Waals surface area (Å²) in [5.41, 5.74) is 7.53. The van der Waals surface area contributed by atoms with Crippen LogP contribution in [0.3, 0.4) is 0 Å². The highest BCUT2D eigenvalue weighted by atomic mass is 16.4. The molecule has 2 aliphatic rings. The Kier molecular flexibility index (Phi) is 9.18. The number of aromatic nitrogens is 2. The number of allylic oxidation sites excluding steroid dienone is 1. The minimum Gasteiger partial charge on any atom is -0.550 e. The minimum absolute atomic E-state index is 0.182. The number of carbonyl (C=O) groups excluding carboxylic acids is 4. The Morgan fingerprint density at radius 1 is 0.953 bits per heavy atom. The lowest BCUT2D eigenvalue weighted by Gasteiger charge is -2.12. The van der Waals surface area contributed by atoms with Crippen molar-refractivity contribution in [3.63, 3.8) is 0 Å². The molecule has 0 saturated carbocycles. The van der Waals surface area contributed by atoms with E-state index >= 15 is 0 Å². The molecule has 43 heavy (non-hydrogen) atoms. The molecule has 0 aliphatic carbocycles. The van der Waals surface area contributed by atoms with E-state index < -0.39 is 11.9 Å². The summed E-state index contributed by atoms with van der Waals surface area (Å²) in [7, 11) is 0. The van der Waals surface area contributed by atoms with Gasteiger partial charge in [-0.3, -0.25) is 9.59 Å². The smallest absolute Gasteiger partial charge is 0.253 e. The van der Waals surface area contributed by atoms with Crippen LogP contribution in [0.5, 0.6) is 0 Å². The average Bonchev–Trinajstić information content (AvgIpc) is 3.59. The summed E-state index contributed by atoms with van der Waals surface area (Å²) in [5, 5.41) is 27.1. The van der Waals surface area contributed by atoms with Gasteiger partial charge in [-0.1, -0.05) is 18.7 Å². The second-order valence-corrected chi connectivity index (χ2v) is 11.0. The summed E-state index contributed by atoms with van der Waals surface area (Å²) >= 11 is 0. The number of aliphatic carboxylic acids is 2. The third-order valence-electron chi connectivity index (χ3n) is 8.48. The maximum absolute atomic E-state index is 12.4. The van der Waals surface area contributed by atoms with E-state index in [1.54, 1.807) is 19.1 Å². The number of rotatable bonds is 11. The third kappa shape index (κ3) is 6.38. The maximum Gasteiger partial charge on any atom is 0.253 e. The van der Waals surface area contributed by atoms with Crippen LogP contribution >= 0.6 is 0 Å². The summed E-state index contributed by atoms with van der Waals surface area (Å²) < 4.78 is 0. The van der Waals surface area contributed by atoms with Crippen LogP contribution in [0.25, 0.3) is 12.2 Å². The van der Waals surface area contributed by atoms with Gasteiger partial charge in [0, 0.05) is 46.0 Å². The van der Waals surface area contributed by atoms with E-state index in [1.165, 1.54) is 0 Å². The van der Waals surface area contributed by atoms with E-state index in [-0.39, 0.29) is 49.5 Å². The number of carboxylic acids is 2. The van der Waals surface area contributed by atoms with Crippen molar-refractivity contribution >= 4 is 41.6 Å². The Labute approximate surface area is 249 Å². The van der Waals surface area contributed by atoms with Crippen molar-refractivity contribution in [1.29, 1.82) is 0 Å². The molecule has 0 spiro atoms. The van der Waals surface area contributed by atoms with E-state index in [4.69, 9.17) is 0 Å². The molecule has 226 valence electrons. The Balaban J connectivity index is 1.86. The number of aromatic amines is 2. The summed E-state index contributed by atoms with van der Waals surface area (Å²) in [6.07, 6.45) is 7.55. The van der Waals surface area contributed by atoms with Crippen LogP contribution in [-0.4, -0.2) is 45.5 Å². The van der Waals surface area contributed by atoms with Crippen LogP contribution in [0.4, 0.5) is 0 Å². The highest BCUT2D eigenvalue weighted by molar-refractivity contribution is 6.29. The van der Waals surface area contributed by atoms with Gasteiger partial charge in [0.25, 0.3) is 11.8 Å². The van der Waals surface area contributed by atoms with Gasteiger partial charge in [0.05, 0.1) is 17.7 Å². The van der Waals surface area contributed by atoms with Crippen molar-refractivity contribution in [3.8, 4) is 0 Å². The van der Waals surface area contributed by atoms with Crippen molar-refractivity contribution in [3.05, 3.63) is 79.8 Å². The molecule has 2 aromatic rings. The number of carbonyl (C=O) groups is 4. The lowest BCUT2D eigenvalue weighted by Crippen LogP contribution is -2.30. The number of nitrogens with zero attached hydrogens (tertiary/aromatic N) is 1. The van der Waals surface area contributed by atoms with Crippen LogP contribution in [0.1, 0.15) is 67.3 Å². The minimum atomic E-state index is -1.18. The molecule has 4 rings (SSSR count). The van der Waals surface area contributed by atoms with Gasteiger partial charge in [-0.05, 0) is 106 Å². The zero-order valence-corrected chi connectivity index (χ0v) is 25.1. The van der Waals surface area contributed by atoms with Gasteiger partial charge in [-0.25, -0.2) is 4.99 Å². The van der Waals surface area contributed by atoms with Gasteiger partial charge >= 0.3 is 0 Å². The molecule has 0 saturated heterocycles. The van der Waals surface area contributed by atoms with Crippen molar-refractivity contribution in [1.82, 2.24) is 15.3 Å². The maximum atomic E-state index is 12.4. The molecule has 0 unspecified atom stereocenters. The quantitative estimate of drug-likeness (QED) is 0.337. The predicted octanol–water partition coefficient (Wildman–Crippen LogP) is 0.0409. The summed E-state index contributed by atoms with van der Waals surface area (Å²) in [6.45, 7) is 13.1. The lowest BCUT2D eigenvalue weighted by atomic mass is 9.98. The molecule has 10 nitrogen and oxygen atoms in total. The van der Waals surface area contributed by atoms with E-state index in [9.17, 15) is 29.4 Å². The molecular formula is C33H36N4O6-2. The molecule has 10 heteroatoms. The number of carboxylic acid groups (broad SMARTS) is 2. The summed E-state index contributed by atoms with van der Waals surface area (Å²) in [6, 6.07) is -0.245. The first kappa shape index (κ1) is 31.2. The predicted molar refractivity (Wildman–Crippen MR) is 159 cm³/mol. The standard InChI is InChI=1S/C33H38N4O6/c1-7-20-19(6)32(42)37-27(20)14-25-18(5)23(10-12-31(40)41)29(35-25)15-28-22(9-11-30(38)39)17(4)24(34-28)13-26-16(3)21(8-2)33(43)36-26/h7-8,14-15,19,26,34-35H,2,9-13H2,1,3-6H3,(H,36,43)(H,38,39)(H,40,41)/p-2/b20-7-,25-14-,29-15-/t19-,26-/m1/s1. The zero-order chi connectivity index (χ0) is 31.6. The third-order valence-corrected chi connectivity index (χ3v) is 8.48. The number of hydrogen-bond acceptors (Lipinski definition) is 6. The summed E-state index contributed by atoms with van der Waals surface area (Å²) in [5.74, 6) is -3.09. The topological polar surface area (TPSA) is 170 Å². The van der Waals surface area contributed by atoms with Crippen molar-refractivity contribution < 1.29 is 29.4 Å². The van der Waals surface area contributed by atoms with Crippen LogP contribution in [0, 0.1) is 19.8 Å². The van der Waals surface area contributed by atoms with E-state index in [1.807, 2.05) is 39.8 Å². The molecule has 0 radical (unpaired) electrons. The van der Waals surface area contributed by atoms with Crippen LogP contribution in [0.2, 0.25) is 0 Å². The Hall–Kier alpha value is -4.73. The van der Waals surface area contributed by atoms with Crippen molar-refractivity contribution in [2.45, 2.75) is 72.8 Å². The zero-order valence-electron chi connectivity index (χ0n) is 25.1. The van der Waals surface area contributed by atoms with E-state index in [0.29, 0.717) is 34.1 Å². The molecule has 3 N–H and O–H groups in total. The largest absolute Gasteiger partial charge is 0.550 e. The summed E-state index contributed by atoms with van der Waals surface area (Å²) in [4.78, 5) is 58.4. The van der Waals surface area contributed by atoms with Crippen molar-refractivity contribution in [2.75, 3.05) is 0 Å². The van der Waals surface area contributed by atoms with Gasteiger partial charge < -0.3 is 35.1 Å². The Morgan fingerprint density at radius 3 is 2.19 bits per heavy atom. The fourth-order valence-electron chi connectivity index (χ4n) is 5.89. The lowest BCUT2D eigenvalue weighted by molar-refractivity contribution is -0.307. The van der Waals surface area contributed by atoms with Crippen molar-refractivity contribution in [2.24, 2.45) is 10.9 Å². The Morgan fingerprint density at radius 2 is 1.60 bits per heavy atom. The molecule has 4 heterocycles. The van der Waals surface area contributed by atoms with Gasteiger partial charge in [0.1, 0.15) is 0 Å². The number of amides is 2. The van der Waals surface area contributed by atoms with Gasteiger partial charge in [-0.2, -0.15) is 0 Å². The Bertz CT molecular complexity index is 1750. The second-order valence-electron chi connectivity index (χ2n) is 11.0. The number of hydrogen-bond donors (Lipinski definition) is 3. The number of H-pyrrole nitrogens is 2. The molecule has 0 aromatic carbocycles. The normalized spacial score (nSPS) is 20.4. The first-order valence-corrected chi connectivity index (χ1v) is 14.3. The number of aliphatic imine (C=N–C) groups is 1. The van der Waals surface area contributed by atoms with E-state index in [2.05, 4.69) is 26.9 Å². The molecule has 0 bridgehead atoms. The van der Waals surface area contributed by atoms with Gasteiger partial charge in [0.2, 0.25) is 0 Å². The second kappa shape index (κ2) is 12.6. The van der Waals surface area contributed by atoms with E-state index in [0.717, 1.165) is 39.1 Å².